The molecule has 6 nitrogen and oxygen atoms in total. The van der Waals surface area contributed by atoms with E-state index in [1.807, 2.05) is 24.3 Å². The van der Waals surface area contributed by atoms with E-state index in [0.717, 1.165) is 29.5 Å². The lowest BCUT2D eigenvalue weighted by Crippen LogP contribution is -2.30. The zero-order valence-electron chi connectivity index (χ0n) is 19.4. The van der Waals surface area contributed by atoms with Crippen LogP contribution in [0.15, 0.2) is 41.2 Å². The van der Waals surface area contributed by atoms with Crippen LogP contribution in [-0.4, -0.2) is 26.4 Å². The molecule has 2 aromatic carbocycles. The van der Waals surface area contributed by atoms with Crippen LogP contribution in [0.4, 0.5) is 8.78 Å². The topological polar surface area (TPSA) is 72.8 Å². The fourth-order valence-corrected chi connectivity index (χ4v) is 4.62. The Morgan fingerprint density at radius 1 is 1.18 bits per heavy atom. The van der Waals surface area contributed by atoms with Crippen molar-refractivity contribution in [1.29, 1.82) is 0 Å². The summed E-state index contributed by atoms with van der Waals surface area (Å²) in [7, 11) is 0. The number of nitrogens with zero attached hydrogens (tertiary/aromatic N) is 3. The van der Waals surface area contributed by atoms with Gasteiger partial charge in [0.05, 0.1) is 24.4 Å². The van der Waals surface area contributed by atoms with Crippen LogP contribution in [0.1, 0.15) is 44.0 Å². The Hall–Kier alpha value is -3.55. The molecule has 0 radical (unpaired) electrons. The molecular weight excluding hydrogens is 438 g/mol. The van der Waals surface area contributed by atoms with Crippen LogP contribution in [0.25, 0.3) is 22.4 Å². The van der Waals surface area contributed by atoms with Crippen molar-refractivity contribution in [2.24, 2.45) is 5.41 Å². The minimum absolute atomic E-state index is 0.0589. The molecule has 2 aromatic heterocycles. The molecular formula is C26H26F2N4O2. The number of aromatic amines is 1. The van der Waals surface area contributed by atoms with Gasteiger partial charge in [-0.25, -0.2) is 13.8 Å². The van der Waals surface area contributed by atoms with Crippen LogP contribution >= 0.6 is 0 Å². The molecule has 0 atom stereocenters. The first kappa shape index (κ1) is 22.3. The molecule has 0 amide bonds. The van der Waals surface area contributed by atoms with Gasteiger partial charge in [-0.2, -0.15) is 5.10 Å². The van der Waals surface area contributed by atoms with Gasteiger partial charge in [-0.15, -0.1) is 0 Å². The molecule has 0 saturated heterocycles. The van der Waals surface area contributed by atoms with Gasteiger partial charge in [-0.3, -0.25) is 9.48 Å². The lowest BCUT2D eigenvalue weighted by molar-refractivity contribution is 0.310. The predicted octanol–water partition coefficient (Wildman–Crippen LogP) is 5.03. The van der Waals surface area contributed by atoms with Crippen molar-refractivity contribution in [3.63, 3.8) is 0 Å². The van der Waals surface area contributed by atoms with Crippen molar-refractivity contribution >= 4 is 10.9 Å². The molecule has 8 heteroatoms. The van der Waals surface area contributed by atoms with Crippen LogP contribution in [0.5, 0.6) is 5.75 Å². The third-order valence-corrected chi connectivity index (χ3v) is 6.41. The van der Waals surface area contributed by atoms with Gasteiger partial charge in [0.15, 0.2) is 5.82 Å². The van der Waals surface area contributed by atoms with E-state index >= 15 is 0 Å². The Morgan fingerprint density at radius 2 is 1.91 bits per heavy atom. The Bertz CT molecular complexity index is 1430. The van der Waals surface area contributed by atoms with Crippen molar-refractivity contribution in [1.82, 2.24) is 19.7 Å². The summed E-state index contributed by atoms with van der Waals surface area (Å²) in [5.41, 5.74) is 2.47. The number of rotatable bonds is 5. The van der Waals surface area contributed by atoms with Gasteiger partial charge in [-0.1, -0.05) is 32.0 Å². The third-order valence-electron chi connectivity index (χ3n) is 6.41. The van der Waals surface area contributed by atoms with E-state index in [2.05, 4.69) is 23.9 Å². The number of ether oxygens (including phenoxy) is 1. The Labute approximate surface area is 195 Å². The Kier molecular flexibility index (Phi) is 5.46. The second-order valence-corrected chi connectivity index (χ2v) is 9.50. The summed E-state index contributed by atoms with van der Waals surface area (Å²) >= 11 is 0. The number of aromatic nitrogens is 4. The first-order valence-electron chi connectivity index (χ1n) is 11.4. The largest absolute Gasteiger partial charge is 0.494 e. The molecule has 0 saturated carbocycles. The molecule has 4 aromatic rings. The average molecular weight is 465 g/mol. The first-order valence-corrected chi connectivity index (χ1v) is 11.4. The number of hydrogen-bond donors (Lipinski definition) is 1. The Morgan fingerprint density at radius 3 is 2.65 bits per heavy atom. The van der Waals surface area contributed by atoms with Gasteiger partial charge in [0.2, 0.25) is 0 Å². The van der Waals surface area contributed by atoms with Gasteiger partial charge in [0.1, 0.15) is 23.1 Å². The van der Waals surface area contributed by atoms with Crippen molar-refractivity contribution in [3.8, 4) is 17.3 Å². The monoisotopic (exact) mass is 464 g/mol. The normalized spacial score (nSPS) is 14.9. The molecule has 0 unspecified atom stereocenters. The van der Waals surface area contributed by atoms with Crippen LogP contribution in [-0.2, 0) is 19.4 Å². The third kappa shape index (κ3) is 3.97. The number of para-hydroxylation sites is 1. The molecule has 176 valence electrons. The fourth-order valence-electron chi connectivity index (χ4n) is 4.62. The number of aryl methyl sites for hydroxylation is 1. The summed E-state index contributed by atoms with van der Waals surface area (Å²) in [4.78, 5) is 20.6. The maximum atomic E-state index is 14.7. The number of benzene rings is 2. The molecule has 0 aliphatic heterocycles. The van der Waals surface area contributed by atoms with E-state index in [1.165, 1.54) is 16.8 Å². The van der Waals surface area contributed by atoms with E-state index < -0.39 is 11.6 Å². The molecule has 0 fully saturated rings. The fraction of sp³-hybridized carbons (Fsp3) is 0.346. The highest BCUT2D eigenvalue weighted by molar-refractivity contribution is 5.91. The van der Waals surface area contributed by atoms with Gasteiger partial charge in [0.25, 0.3) is 5.56 Å². The van der Waals surface area contributed by atoms with Crippen molar-refractivity contribution in [2.45, 2.75) is 46.6 Å². The first-order chi connectivity index (χ1) is 16.3. The molecule has 0 bridgehead atoms. The molecule has 5 rings (SSSR count). The molecule has 1 N–H and O–H groups in total. The highest BCUT2D eigenvalue weighted by Gasteiger charge is 2.29. The van der Waals surface area contributed by atoms with E-state index in [-0.39, 0.29) is 28.8 Å². The van der Waals surface area contributed by atoms with E-state index in [4.69, 9.17) is 9.72 Å². The summed E-state index contributed by atoms with van der Waals surface area (Å²) in [6.07, 6.45) is 2.35. The van der Waals surface area contributed by atoms with Crippen LogP contribution in [0, 0.1) is 17.0 Å². The maximum Gasteiger partial charge on any atom is 0.254 e. The number of fused-ring (bicyclic) bond motifs is 2. The highest BCUT2D eigenvalue weighted by atomic mass is 19.1. The second-order valence-electron chi connectivity index (χ2n) is 9.50. The van der Waals surface area contributed by atoms with Crippen LogP contribution in [0.2, 0.25) is 0 Å². The van der Waals surface area contributed by atoms with Gasteiger partial charge in [-0.05, 0) is 37.7 Å². The van der Waals surface area contributed by atoms with Crippen molar-refractivity contribution < 1.29 is 13.5 Å². The maximum absolute atomic E-state index is 14.7. The zero-order chi connectivity index (χ0) is 24.0. The van der Waals surface area contributed by atoms with Crippen molar-refractivity contribution in [2.75, 3.05) is 6.61 Å². The van der Waals surface area contributed by atoms with Crippen LogP contribution in [0.3, 0.4) is 0 Å². The minimum Gasteiger partial charge on any atom is -0.494 e. The SMILES string of the molecule is CCOc1cc(F)c(Cn2nc(-c3nc4c(c(=O)[nH]3)CC(C)(C)CC4)c3ccccc32)c(F)c1. The molecule has 2 heterocycles. The quantitative estimate of drug-likeness (QED) is 0.450. The van der Waals surface area contributed by atoms with Gasteiger partial charge < -0.3 is 9.72 Å². The molecule has 1 aliphatic carbocycles. The molecule has 34 heavy (non-hydrogen) atoms. The number of H-pyrrole nitrogens is 1. The summed E-state index contributed by atoms with van der Waals surface area (Å²) in [6, 6.07) is 9.74. The number of nitrogens with one attached hydrogen (secondary N) is 1. The second kappa shape index (κ2) is 8.34. The van der Waals surface area contributed by atoms with Crippen LogP contribution < -0.4 is 10.3 Å². The molecule has 0 spiro atoms. The predicted molar refractivity (Wildman–Crippen MR) is 126 cm³/mol. The average Bonchev–Trinajstić information content (AvgIpc) is 3.15. The lowest BCUT2D eigenvalue weighted by Gasteiger charge is -2.29. The highest BCUT2D eigenvalue weighted by Crippen LogP contribution is 2.34. The van der Waals surface area contributed by atoms with E-state index in [1.54, 1.807) is 6.92 Å². The minimum atomic E-state index is -0.701. The summed E-state index contributed by atoms with van der Waals surface area (Å²) in [6.45, 7) is 6.25. The lowest BCUT2D eigenvalue weighted by atomic mass is 9.76. The number of hydrogen-bond acceptors (Lipinski definition) is 4. The Balaban J connectivity index is 1.59. The smallest absolute Gasteiger partial charge is 0.254 e. The summed E-state index contributed by atoms with van der Waals surface area (Å²) in [5.74, 6) is -0.891. The molecule has 1 aliphatic rings. The standard InChI is InChI=1S/C26H26F2N4O2/c1-4-34-15-11-19(27)18(20(28)12-15)14-32-22-8-6-5-7-16(22)23(31-32)24-29-21-9-10-26(2,3)13-17(21)25(33)30-24/h5-8,11-12H,4,9-10,13-14H2,1-3H3,(H,29,30,33). The van der Waals surface area contributed by atoms with Crippen molar-refractivity contribution in [3.05, 3.63) is 75.2 Å². The van der Waals surface area contributed by atoms with Gasteiger partial charge >= 0.3 is 0 Å². The summed E-state index contributed by atoms with van der Waals surface area (Å²) < 4.78 is 36.2. The number of halogens is 2. The van der Waals surface area contributed by atoms with Gasteiger partial charge in [0, 0.05) is 28.6 Å². The zero-order valence-corrected chi connectivity index (χ0v) is 19.4. The van der Waals surface area contributed by atoms with E-state index in [0.29, 0.717) is 30.1 Å². The summed E-state index contributed by atoms with van der Waals surface area (Å²) in [5, 5.41) is 5.38. The van der Waals surface area contributed by atoms with E-state index in [9.17, 15) is 13.6 Å².